The Morgan fingerprint density at radius 3 is 2.67 bits per heavy atom. The first kappa shape index (κ1) is 11.2. The Balaban J connectivity index is 2.13. The summed E-state index contributed by atoms with van der Waals surface area (Å²) in [6.07, 6.45) is 2.48. The van der Waals surface area contributed by atoms with Crippen molar-refractivity contribution < 1.29 is 9.90 Å². The van der Waals surface area contributed by atoms with Crippen LogP contribution in [0.3, 0.4) is 0 Å². The van der Waals surface area contributed by atoms with Crippen LogP contribution in [0.15, 0.2) is 30.3 Å². The molecule has 0 aliphatic heterocycles. The van der Waals surface area contributed by atoms with Gasteiger partial charge in [0, 0.05) is 11.1 Å². The van der Waals surface area contributed by atoms with Gasteiger partial charge >= 0.3 is 5.97 Å². The third-order valence-corrected chi connectivity index (χ3v) is 4.00. The second-order valence-corrected chi connectivity index (χ2v) is 5.10. The second-order valence-electron chi connectivity index (χ2n) is 5.10. The van der Waals surface area contributed by atoms with E-state index in [1.807, 2.05) is 37.3 Å². The van der Waals surface area contributed by atoms with Crippen molar-refractivity contribution in [3.05, 3.63) is 41.6 Å². The lowest BCUT2D eigenvalue weighted by molar-refractivity contribution is -0.147. The number of nitrogens with zero attached hydrogens (tertiary/aromatic N) is 1. The summed E-state index contributed by atoms with van der Waals surface area (Å²) in [5.41, 5.74) is 2.17. The highest BCUT2D eigenvalue weighted by Crippen LogP contribution is 2.44. The average molecular weight is 241 g/mol. The highest BCUT2D eigenvalue weighted by molar-refractivity contribution is 5.86. The van der Waals surface area contributed by atoms with Crippen LogP contribution in [0.25, 0.3) is 10.9 Å². The van der Waals surface area contributed by atoms with Gasteiger partial charge < -0.3 is 5.11 Å². The molecule has 1 aromatic heterocycles. The van der Waals surface area contributed by atoms with Crippen LogP contribution in [0, 0.1) is 6.92 Å². The minimum Gasteiger partial charge on any atom is -0.481 e. The first-order valence-electron chi connectivity index (χ1n) is 6.23. The fraction of sp³-hybridized carbons (Fsp3) is 0.333. The molecule has 1 aromatic carbocycles. The highest BCUT2D eigenvalue weighted by Gasteiger charge is 2.45. The normalized spacial score (nSPS) is 17.4. The van der Waals surface area contributed by atoms with Gasteiger partial charge in [0.25, 0.3) is 0 Å². The van der Waals surface area contributed by atoms with Crippen molar-refractivity contribution in [3.63, 3.8) is 0 Å². The van der Waals surface area contributed by atoms with Gasteiger partial charge in [-0.25, -0.2) is 0 Å². The van der Waals surface area contributed by atoms with Crippen LogP contribution in [0.2, 0.25) is 0 Å². The zero-order chi connectivity index (χ0) is 12.8. The Hall–Kier alpha value is -1.90. The van der Waals surface area contributed by atoms with Crippen LogP contribution in [0.4, 0.5) is 0 Å². The molecule has 1 aliphatic rings. The summed E-state index contributed by atoms with van der Waals surface area (Å²) in [6.45, 7) is 1.96. The first-order valence-corrected chi connectivity index (χ1v) is 6.23. The van der Waals surface area contributed by atoms with E-state index in [-0.39, 0.29) is 0 Å². The number of aromatic nitrogens is 1. The van der Waals surface area contributed by atoms with E-state index in [1.54, 1.807) is 0 Å². The molecule has 0 atom stereocenters. The number of rotatable bonds is 2. The van der Waals surface area contributed by atoms with Crippen molar-refractivity contribution in [1.29, 1.82) is 0 Å². The van der Waals surface area contributed by atoms with Gasteiger partial charge in [0.2, 0.25) is 0 Å². The van der Waals surface area contributed by atoms with E-state index in [0.717, 1.165) is 41.4 Å². The van der Waals surface area contributed by atoms with Crippen molar-refractivity contribution in [2.75, 3.05) is 0 Å². The fourth-order valence-electron chi connectivity index (χ4n) is 2.68. The van der Waals surface area contributed by atoms with E-state index in [4.69, 9.17) is 0 Å². The Bertz CT molecular complexity index is 629. The van der Waals surface area contributed by atoms with Crippen LogP contribution < -0.4 is 0 Å². The maximum absolute atomic E-state index is 11.5. The van der Waals surface area contributed by atoms with Gasteiger partial charge in [-0.15, -0.1) is 0 Å². The lowest BCUT2D eigenvalue weighted by atomic mass is 9.64. The van der Waals surface area contributed by atoms with E-state index in [9.17, 15) is 9.90 Å². The summed E-state index contributed by atoms with van der Waals surface area (Å²) < 4.78 is 0. The van der Waals surface area contributed by atoms with E-state index in [0.29, 0.717) is 0 Å². The van der Waals surface area contributed by atoms with Crippen LogP contribution in [0.5, 0.6) is 0 Å². The maximum atomic E-state index is 11.5. The number of carbonyl (C=O) groups is 1. The number of hydrogen-bond acceptors (Lipinski definition) is 2. The molecule has 3 nitrogen and oxygen atoms in total. The summed E-state index contributed by atoms with van der Waals surface area (Å²) in [7, 11) is 0. The Morgan fingerprint density at radius 1 is 1.28 bits per heavy atom. The molecule has 3 heteroatoms. The van der Waals surface area contributed by atoms with Gasteiger partial charge in [0.05, 0.1) is 10.9 Å². The SMILES string of the molecule is Cc1ccc2cc(C3(C(=O)O)CCC3)ccc2n1. The van der Waals surface area contributed by atoms with Gasteiger partial charge in [-0.3, -0.25) is 9.78 Å². The molecular weight excluding hydrogens is 226 g/mol. The van der Waals surface area contributed by atoms with E-state index >= 15 is 0 Å². The molecular formula is C15H15NO2. The van der Waals surface area contributed by atoms with Gasteiger partial charge in [0.15, 0.2) is 0 Å². The number of hydrogen-bond donors (Lipinski definition) is 1. The number of carboxylic acid groups (broad SMARTS) is 1. The molecule has 3 rings (SSSR count). The van der Waals surface area contributed by atoms with Crippen LogP contribution in [0.1, 0.15) is 30.5 Å². The van der Waals surface area contributed by atoms with E-state index in [1.165, 1.54) is 0 Å². The molecule has 0 amide bonds. The molecule has 18 heavy (non-hydrogen) atoms. The Kier molecular flexibility index (Phi) is 2.37. The van der Waals surface area contributed by atoms with Crippen molar-refractivity contribution in [1.82, 2.24) is 4.98 Å². The molecule has 0 bridgehead atoms. The van der Waals surface area contributed by atoms with Crippen molar-refractivity contribution in [3.8, 4) is 0 Å². The van der Waals surface area contributed by atoms with Crippen LogP contribution in [-0.4, -0.2) is 16.1 Å². The smallest absolute Gasteiger partial charge is 0.314 e. The van der Waals surface area contributed by atoms with Crippen molar-refractivity contribution in [2.24, 2.45) is 0 Å². The van der Waals surface area contributed by atoms with Gasteiger partial charge in [0.1, 0.15) is 0 Å². The molecule has 2 aromatic rings. The van der Waals surface area contributed by atoms with Crippen molar-refractivity contribution >= 4 is 16.9 Å². The molecule has 1 aliphatic carbocycles. The topological polar surface area (TPSA) is 50.2 Å². The number of aliphatic carboxylic acids is 1. The first-order chi connectivity index (χ1) is 8.62. The van der Waals surface area contributed by atoms with Gasteiger partial charge in [-0.2, -0.15) is 0 Å². The highest BCUT2D eigenvalue weighted by atomic mass is 16.4. The third kappa shape index (κ3) is 1.50. The number of pyridine rings is 1. The molecule has 0 unspecified atom stereocenters. The molecule has 0 spiro atoms. The number of carboxylic acids is 1. The largest absolute Gasteiger partial charge is 0.481 e. The van der Waals surface area contributed by atoms with Crippen LogP contribution in [-0.2, 0) is 10.2 Å². The number of aryl methyl sites for hydroxylation is 1. The Morgan fingerprint density at radius 2 is 2.06 bits per heavy atom. The molecule has 92 valence electrons. The zero-order valence-corrected chi connectivity index (χ0v) is 10.3. The number of benzene rings is 1. The summed E-state index contributed by atoms with van der Waals surface area (Å²) >= 11 is 0. The minimum absolute atomic E-state index is 0.654. The number of fused-ring (bicyclic) bond motifs is 1. The fourth-order valence-corrected chi connectivity index (χ4v) is 2.68. The Labute approximate surface area is 105 Å². The van der Waals surface area contributed by atoms with E-state index in [2.05, 4.69) is 4.98 Å². The lowest BCUT2D eigenvalue weighted by Gasteiger charge is -2.38. The summed E-state index contributed by atoms with van der Waals surface area (Å²) in [4.78, 5) is 15.9. The minimum atomic E-state index is -0.701. The second kappa shape index (κ2) is 3.80. The summed E-state index contributed by atoms with van der Waals surface area (Å²) in [5, 5.41) is 10.5. The van der Waals surface area contributed by atoms with Gasteiger partial charge in [-0.1, -0.05) is 18.6 Å². The quantitative estimate of drug-likeness (QED) is 0.879. The lowest BCUT2D eigenvalue weighted by Crippen LogP contribution is -2.42. The third-order valence-electron chi connectivity index (χ3n) is 4.00. The molecule has 1 fully saturated rings. The maximum Gasteiger partial charge on any atom is 0.314 e. The summed E-state index contributed by atoms with van der Waals surface area (Å²) in [6, 6.07) is 9.80. The van der Waals surface area contributed by atoms with Gasteiger partial charge in [-0.05, 0) is 43.5 Å². The monoisotopic (exact) mass is 241 g/mol. The summed E-state index contributed by atoms with van der Waals surface area (Å²) in [5.74, 6) is -0.701. The van der Waals surface area contributed by atoms with E-state index < -0.39 is 11.4 Å². The molecule has 1 heterocycles. The molecule has 1 saturated carbocycles. The predicted molar refractivity (Wildman–Crippen MR) is 69.6 cm³/mol. The average Bonchev–Trinajstić information content (AvgIpc) is 2.27. The predicted octanol–water partition coefficient (Wildman–Crippen LogP) is 3.05. The zero-order valence-electron chi connectivity index (χ0n) is 10.3. The molecule has 0 radical (unpaired) electrons. The standard InChI is InChI=1S/C15H15NO2/c1-10-3-4-11-9-12(5-6-13(11)16-10)15(14(17)18)7-2-8-15/h3-6,9H,2,7-8H2,1H3,(H,17,18). The van der Waals surface area contributed by atoms with Crippen LogP contribution >= 0.6 is 0 Å². The van der Waals surface area contributed by atoms with Crippen molar-refractivity contribution in [2.45, 2.75) is 31.6 Å². The molecule has 0 saturated heterocycles. The molecule has 1 N–H and O–H groups in total.